The summed E-state index contributed by atoms with van der Waals surface area (Å²) in [5, 5.41) is 16.6. The quantitative estimate of drug-likeness (QED) is 0.794. The second kappa shape index (κ2) is 5.66. The first-order valence-corrected chi connectivity index (χ1v) is 7.59. The molecule has 0 saturated carbocycles. The number of nitrogens with one attached hydrogen (secondary N) is 2. The van der Waals surface area contributed by atoms with Gasteiger partial charge in [0.25, 0.3) is 5.91 Å². The highest BCUT2D eigenvalue weighted by Crippen LogP contribution is 2.35. The maximum absolute atomic E-state index is 12.0. The minimum atomic E-state index is -0.558. The van der Waals surface area contributed by atoms with Gasteiger partial charge in [-0.1, -0.05) is 19.9 Å². The summed E-state index contributed by atoms with van der Waals surface area (Å²) in [5.74, 6) is 0.665. The zero-order chi connectivity index (χ0) is 15.0. The van der Waals surface area contributed by atoms with E-state index in [1.54, 1.807) is 0 Å². The molecule has 3 unspecified atom stereocenters. The van der Waals surface area contributed by atoms with Crippen molar-refractivity contribution >= 4 is 11.6 Å². The van der Waals surface area contributed by atoms with Crippen LogP contribution in [0.2, 0.25) is 0 Å². The summed E-state index contributed by atoms with van der Waals surface area (Å²) in [6.45, 7) is 4.86. The Morgan fingerprint density at radius 1 is 1.38 bits per heavy atom. The van der Waals surface area contributed by atoms with E-state index >= 15 is 0 Å². The zero-order valence-electron chi connectivity index (χ0n) is 12.4. The lowest BCUT2D eigenvalue weighted by Gasteiger charge is -2.29. The number of aliphatic hydroxyl groups is 1. The van der Waals surface area contributed by atoms with Gasteiger partial charge >= 0.3 is 0 Å². The minimum Gasteiger partial charge on any atom is -0.478 e. The van der Waals surface area contributed by atoms with Crippen LogP contribution in [-0.4, -0.2) is 29.7 Å². The van der Waals surface area contributed by atoms with Crippen molar-refractivity contribution in [3.05, 3.63) is 23.8 Å². The Balaban J connectivity index is 1.82. The van der Waals surface area contributed by atoms with E-state index in [1.807, 2.05) is 32.0 Å². The molecule has 0 aromatic heterocycles. The molecule has 0 bridgehead atoms. The Kier molecular flexibility index (Phi) is 3.87. The second-order valence-electron chi connectivity index (χ2n) is 6.17. The zero-order valence-corrected chi connectivity index (χ0v) is 12.4. The van der Waals surface area contributed by atoms with E-state index < -0.39 is 12.2 Å². The number of carbonyl (C=O) groups excluding carboxylic acids is 1. The molecular formula is C16H22N2O3. The van der Waals surface area contributed by atoms with E-state index in [1.165, 1.54) is 0 Å². The lowest BCUT2D eigenvalue weighted by molar-refractivity contribution is -0.125. The monoisotopic (exact) mass is 290 g/mol. The third-order valence-corrected chi connectivity index (χ3v) is 4.20. The number of aliphatic hydroxyl groups excluding tert-OH is 1. The molecule has 21 heavy (non-hydrogen) atoms. The third kappa shape index (κ3) is 2.76. The first kappa shape index (κ1) is 14.4. The Morgan fingerprint density at radius 3 is 2.86 bits per heavy atom. The molecule has 1 saturated heterocycles. The molecule has 2 heterocycles. The molecule has 5 nitrogen and oxygen atoms in total. The molecule has 3 rings (SSSR count). The summed E-state index contributed by atoms with van der Waals surface area (Å²) in [6, 6.07) is 5.61. The van der Waals surface area contributed by atoms with Gasteiger partial charge in [-0.3, -0.25) is 4.79 Å². The number of fused-ring (bicyclic) bond motifs is 1. The largest absolute Gasteiger partial charge is 0.478 e. The first-order valence-electron chi connectivity index (χ1n) is 7.59. The van der Waals surface area contributed by atoms with Crippen molar-refractivity contribution in [2.45, 2.75) is 44.9 Å². The van der Waals surface area contributed by atoms with Gasteiger partial charge in [-0.25, -0.2) is 0 Å². The molecule has 2 aliphatic heterocycles. The predicted molar refractivity (Wildman–Crippen MR) is 80.3 cm³/mol. The SMILES string of the molecule is CC(C)C1Oc2ccc(C(O)C3CCCN3)cc2NC1=O. The van der Waals surface area contributed by atoms with Crippen LogP contribution in [0.1, 0.15) is 38.4 Å². The molecule has 1 amide bonds. The van der Waals surface area contributed by atoms with Gasteiger partial charge in [0.1, 0.15) is 5.75 Å². The van der Waals surface area contributed by atoms with Gasteiger partial charge in [-0.05, 0) is 43.0 Å². The van der Waals surface area contributed by atoms with Crippen LogP contribution in [-0.2, 0) is 4.79 Å². The molecule has 1 fully saturated rings. The summed E-state index contributed by atoms with van der Waals surface area (Å²) in [7, 11) is 0. The van der Waals surface area contributed by atoms with Crippen molar-refractivity contribution in [2.75, 3.05) is 11.9 Å². The molecule has 1 aromatic carbocycles. The number of hydrogen-bond donors (Lipinski definition) is 3. The maximum atomic E-state index is 12.0. The van der Waals surface area contributed by atoms with Gasteiger partial charge in [-0.15, -0.1) is 0 Å². The molecular weight excluding hydrogens is 268 g/mol. The van der Waals surface area contributed by atoms with Crippen LogP contribution in [0.5, 0.6) is 5.75 Å². The van der Waals surface area contributed by atoms with E-state index in [4.69, 9.17) is 4.74 Å². The third-order valence-electron chi connectivity index (χ3n) is 4.20. The van der Waals surface area contributed by atoms with Gasteiger partial charge in [0.15, 0.2) is 6.10 Å². The highest BCUT2D eigenvalue weighted by Gasteiger charge is 2.31. The maximum Gasteiger partial charge on any atom is 0.265 e. The highest BCUT2D eigenvalue weighted by molar-refractivity contribution is 5.98. The smallest absolute Gasteiger partial charge is 0.265 e. The van der Waals surface area contributed by atoms with Gasteiger partial charge in [0, 0.05) is 6.04 Å². The normalized spacial score (nSPS) is 26.2. The first-order chi connectivity index (χ1) is 10.1. The average molecular weight is 290 g/mol. The molecule has 3 atom stereocenters. The van der Waals surface area contributed by atoms with Gasteiger partial charge < -0.3 is 20.5 Å². The van der Waals surface area contributed by atoms with Crippen molar-refractivity contribution in [1.29, 1.82) is 0 Å². The molecule has 3 N–H and O–H groups in total. The van der Waals surface area contributed by atoms with Crippen molar-refractivity contribution in [2.24, 2.45) is 5.92 Å². The Hall–Kier alpha value is -1.59. The highest BCUT2D eigenvalue weighted by atomic mass is 16.5. The number of benzene rings is 1. The van der Waals surface area contributed by atoms with Gasteiger partial charge in [0.05, 0.1) is 11.8 Å². The number of amides is 1. The fourth-order valence-corrected chi connectivity index (χ4v) is 2.98. The molecule has 0 spiro atoms. The van der Waals surface area contributed by atoms with Crippen LogP contribution in [0.15, 0.2) is 18.2 Å². The van der Waals surface area contributed by atoms with Crippen molar-refractivity contribution in [3.63, 3.8) is 0 Å². The lowest BCUT2D eigenvalue weighted by atomic mass is 9.99. The van der Waals surface area contributed by atoms with Crippen LogP contribution in [0.3, 0.4) is 0 Å². The van der Waals surface area contributed by atoms with Crippen molar-refractivity contribution < 1.29 is 14.6 Å². The fraction of sp³-hybridized carbons (Fsp3) is 0.562. The number of carbonyl (C=O) groups is 1. The Morgan fingerprint density at radius 2 is 2.19 bits per heavy atom. The average Bonchev–Trinajstić information content (AvgIpc) is 2.99. The van der Waals surface area contributed by atoms with Crippen LogP contribution in [0.4, 0.5) is 5.69 Å². The van der Waals surface area contributed by atoms with Crippen LogP contribution < -0.4 is 15.4 Å². The number of anilines is 1. The van der Waals surface area contributed by atoms with E-state index in [0.717, 1.165) is 24.9 Å². The minimum absolute atomic E-state index is 0.0895. The van der Waals surface area contributed by atoms with Gasteiger partial charge in [0.2, 0.25) is 0 Å². The summed E-state index contributed by atoms with van der Waals surface area (Å²) >= 11 is 0. The topological polar surface area (TPSA) is 70.6 Å². The van der Waals surface area contributed by atoms with Crippen molar-refractivity contribution in [1.82, 2.24) is 5.32 Å². The summed E-state index contributed by atoms with van der Waals surface area (Å²) < 4.78 is 5.76. The molecule has 2 aliphatic rings. The van der Waals surface area contributed by atoms with E-state index in [2.05, 4.69) is 10.6 Å². The molecule has 1 aromatic rings. The van der Waals surface area contributed by atoms with E-state index in [9.17, 15) is 9.90 Å². The predicted octanol–water partition coefficient (Wildman–Crippen LogP) is 1.83. The van der Waals surface area contributed by atoms with Gasteiger partial charge in [-0.2, -0.15) is 0 Å². The van der Waals surface area contributed by atoms with Crippen LogP contribution in [0.25, 0.3) is 0 Å². The molecule has 5 heteroatoms. The number of hydrogen-bond acceptors (Lipinski definition) is 4. The second-order valence-corrected chi connectivity index (χ2v) is 6.17. The molecule has 0 aliphatic carbocycles. The van der Waals surface area contributed by atoms with E-state index in [-0.39, 0.29) is 17.9 Å². The number of ether oxygens (including phenoxy) is 1. The Bertz CT molecular complexity index is 538. The lowest BCUT2D eigenvalue weighted by Crippen LogP contribution is -2.40. The summed E-state index contributed by atoms with van der Waals surface area (Å²) in [4.78, 5) is 12.0. The van der Waals surface area contributed by atoms with Crippen LogP contribution in [0, 0.1) is 5.92 Å². The summed E-state index contributed by atoms with van der Waals surface area (Å²) in [6.07, 6.45) is 1.04. The molecule has 114 valence electrons. The Labute approximate surface area is 124 Å². The van der Waals surface area contributed by atoms with Crippen LogP contribution >= 0.6 is 0 Å². The fourth-order valence-electron chi connectivity index (χ4n) is 2.98. The number of rotatable bonds is 3. The molecule has 0 radical (unpaired) electrons. The van der Waals surface area contributed by atoms with Crippen molar-refractivity contribution in [3.8, 4) is 5.75 Å². The standard InChI is InChI=1S/C16H22N2O3/c1-9(2)15-16(20)18-12-8-10(5-6-13(12)21-15)14(19)11-4-3-7-17-11/h5-6,8-9,11,14-15,17,19H,3-4,7H2,1-2H3,(H,18,20). The summed E-state index contributed by atoms with van der Waals surface area (Å²) in [5.41, 5.74) is 1.45. The van der Waals surface area contributed by atoms with E-state index in [0.29, 0.717) is 11.4 Å².